The maximum Gasteiger partial charge on any atom is 0.328 e. The van der Waals surface area contributed by atoms with Crippen LogP contribution in [-0.2, 0) is 32.0 Å². The number of carbonyl (C=O) groups is 4. The van der Waals surface area contributed by atoms with Gasteiger partial charge in [-0.05, 0) is 31.0 Å². The number of amides is 3. The summed E-state index contributed by atoms with van der Waals surface area (Å²) in [5.41, 5.74) is 13.6. The summed E-state index contributed by atoms with van der Waals surface area (Å²) in [7, 11) is 0. The zero-order chi connectivity index (χ0) is 29.1. The van der Waals surface area contributed by atoms with Gasteiger partial charge in [0.25, 0.3) is 0 Å². The van der Waals surface area contributed by atoms with Crippen LogP contribution in [0.1, 0.15) is 30.5 Å². The number of para-hydroxylation sites is 1. The maximum atomic E-state index is 13.5. The quantitative estimate of drug-likeness (QED) is 0.0947. The fourth-order valence-corrected chi connectivity index (χ4v) is 4.20. The summed E-state index contributed by atoms with van der Waals surface area (Å²) < 4.78 is 0. The Hall–Kier alpha value is -4.27. The largest absolute Gasteiger partial charge is 0.480 e. The van der Waals surface area contributed by atoms with Gasteiger partial charge < -0.3 is 47.6 Å². The maximum absolute atomic E-state index is 13.5. The normalized spacial score (nSPS) is 14.2. The van der Waals surface area contributed by atoms with Crippen LogP contribution < -0.4 is 27.4 Å². The second-order valence-corrected chi connectivity index (χ2v) is 9.44. The molecule has 0 saturated heterocycles. The molecule has 4 atom stereocenters. The van der Waals surface area contributed by atoms with Crippen LogP contribution in [0.25, 0.3) is 10.9 Å². The van der Waals surface area contributed by atoms with E-state index in [-0.39, 0.29) is 12.8 Å². The molecule has 0 aliphatic rings. The highest BCUT2D eigenvalue weighted by molar-refractivity contribution is 5.95. The van der Waals surface area contributed by atoms with E-state index in [9.17, 15) is 29.4 Å². The molecule has 0 bridgehead atoms. The molecular formula is C26H36N8O6. The number of carboxylic acids is 1. The molecule has 216 valence electrons. The van der Waals surface area contributed by atoms with Gasteiger partial charge in [0, 0.05) is 41.8 Å². The lowest BCUT2D eigenvalue weighted by atomic mass is 10.0. The number of aliphatic hydroxyl groups excluding tert-OH is 1. The molecule has 2 aromatic heterocycles. The monoisotopic (exact) mass is 556 g/mol. The molecule has 0 fully saturated rings. The van der Waals surface area contributed by atoms with Gasteiger partial charge in [-0.3, -0.25) is 14.4 Å². The van der Waals surface area contributed by atoms with Crippen molar-refractivity contribution in [1.82, 2.24) is 30.9 Å². The number of benzene rings is 1. The van der Waals surface area contributed by atoms with E-state index in [1.54, 1.807) is 6.20 Å². The fraction of sp³-hybridized carbons (Fsp3) is 0.423. The average molecular weight is 557 g/mol. The minimum atomic E-state index is -1.57. The third kappa shape index (κ3) is 8.36. The van der Waals surface area contributed by atoms with Crippen molar-refractivity contribution in [2.24, 2.45) is 11.5 Å². The second-order valence-electron chi connectivity index (χ2n) is 9.44. The van der Waals surface area contributed by atoms with E-state index in [1.165, 1.54) is 12.5 Å². The minimum absolute atomic E-state index is 0.00266. The minimum Gasteiger partial charge on any atom is -0.480 e. The smallest absolute Gasteiger partial charge is 0.328 e. The topological polar surface area (TPSA) is 241 Å². The number of aliphatic hydroxyl groups is 1. The number of carbonyl (C=O) groups excluding carboxylic acids is 3. The van der Waals surface area contributed by atoms with Crippen molar-refractivity contribution >= 4 is 34.6 Å². The van der Waals surface area contributed by atoms with Crippen molar-refractivity contribution in [3.05, 3.63) is 54.2 Å². The van der Waals surface area contributed by atoms with Gasteiger partial charge in [-0.2, -0.15) is 0 Å². The van der Waals surface area contributed by atoms with Crippen molar-refractivity contribution in [2.75, 3.05) is 13.2 Å². The standard InChI is InChI=1S/C26H36N8O6/c27-8-4-3-6-18(28)23(36)32-21(10-16-12-29-14-31-16)25(38)33-20(24(37)34-22(13-35)26(39)40)9-15-11-30-19-7-2-1-5-17(15)19/h1-2,5,7,11-12,14,18,20-22,30,35H,3-4,6,8-10,13,27-28H2,(H,29,31)(H,32,36)(H,33,38)(H,34,37)(H,39,40). The molecule has 4 unspecified atom stereocenters. The van der Waals surface area contributed by atoms with E-state index in [0.29, 0.717) is 37.1 Å². The number of aliphatic carboxylic acids is 1. The number of nitrogens with two attached hydrogens (primary N) is 2. The first-order valence-electron chi connectivity index (χ1n) is 13.0. The Balaban J connectivity index is 1.83. The van der Waals surface area contributed by atoms with E-state index in [4.69, 9.17) is 11.5 Å². The second kappa shape index (κ2) is 14.8. The zero-order valence-electron chi connectivity index (χ0n) is 21.9. The third-order valence-electron chi connectivity index (χ3n) is 6.45. The van der Waals surface area contributed by atoms with Crippen LogP contribution in [0.2, 0.25) is 0 Å². The molecule has 0 saturated carbocycles. The number of aromatic nitrogens is 3. The number of imidazole rings is 1. The molecule has 3 rings (SSSR count). The van der Waals surface area contributed by atoms with Gasteiger partial charge in [-0.1, -0.05) is 24.6 Å². The van der Waals surface area contributed by atoms with Gasteiger partial charge in [-0.25, -0.2) is 9.78 Å². The number of hydrogen-bond donors (Lipinski definition) is 9. The number of aromatic amines is 2. The molecule has 1 aromatic carbocycles. The molecule has 3 aromatic rings. The molecule has 0 aliphatic heterocycles. The Bertz CT molecular complexity index is 1280. The van der Waals surface area contributed by atoms with Crippen LogP contribution in [0.4, 0.5) is 0 Å². The van der Waals surface area contributed by atoms with E-state index in [2.05, 4.69) is 30.9 Å². The highest BCUT2D eigenvalue weighted by Gasteiger charge is 2.31. The molecular weight excluding hydrogens is 520 g/mol. The average Bonchev–Trinajstić information content (AvgIpc) is 3.60. The van der Waals surface area contributed by atoms with Crippen LogP contribution in [-0.4, -0.2) is 86.2 Å². The number of carboxylic acid groups (broad SMARTS) is 1. The van der Waals surface area contributed by atoms with E-state index < -0.39 is 54.5 Å². The molecule has 11 N–H and O–H groups in total. The SMILES string of the molecule is NCCCCC(N)C(=O)NC(Cc1cnc[nH]1)C(=O)NC(Cc1c[nH]c2ccccc12)C(=O)NC(CO)C(=O)O. The Morgan fingerprint density at radius 3 is 2.25 bits per heavy atom. The first-order valence-corrected chi connectivity index (χ1v) is 13.0. The van der Waals surface area contributed by atoms with Crippen LogP contribution in [0.3, 0.4) is 0 Å². The summed E-state index contributed by atoms with van der Waals surface area (Å²) in [5, 5.41) is 27.1. The van der Waals surface area contributed by atoms with Gasteiger partial charge in [0.15, 0.2) is 0 Å². The molecule has 0 radical (unpaired) electrons. The summed E-state index contributed by atoms with van der Waals surface area (Å²) >= 11 is 0. The predicted molar refractivity (Wildman–Crippen MR) is 146 cm³/mol. The van der Waals surface area contributed by atoms with Gasteiger partial charge >= 0.3 is 5.97 Å². The molecule has 0 spiro atoms. The summed E-state index contributed by atoms with van der Waals surface area (Å²) in [6.07, 6.45) is 6.39. The summed E-state index contributed by atoms with van der Waals surface area (Å²) in [6.45, 7) is -0.368. The van der Waals surface area contributed by atoms with E-state index in [0.717, 1.165) is 10.9 Å². The van der Waals surface area contributed by atoms with Crippen molar-refractivity contribution < 1.29 is 29.4 Å². The van der Waals surface area contributed by atoms with Gasteiger partial charge in [0.05, 0.1) is 19.0 Å². The third-order valence-corrected chi connectivity index (χ3v) is 6.45. The predicted octanol–water partition coefficient (Wildman–Crippen LogP) is -1.34. The molecule has 14 nitrogen and oxygen atoms in total. The van der Waals surface area contributed by atoms with Gasteiger partial charge in [0.1, 0.15) is 18.1 Å². The Kier molecular flexibility index (Phi) is 11.2. The number of rotatable bonds is 16. The van der Waals surface area contributed by atoms with Gasteiger partial charge in [0.2, 0.25) is 17.7 Å². The van der Waals surface area contributed by atoms with Crippen molar-refractivity contribution in [2.45, 2.75) is 56.3 Å². The molecule has 3 amide bonds. The summed E-state index contributed by atoms with van der Waals surface area (Å²) in [4.78, 5) is 60.9. The lowest BCUT2D eigenvalue weighted by molar-refractivity contribution is -0.143. The highest BCUT2D eigenvalue weighted by Crippen LogP contribution is 2.19. The number of nitrogens with one attached hydrogen (secondary N) is 5. The Labute approximate surface area is 230 Å². The molecule has 40 heavy (non-hydrogen) atoms. The number of fused-ring (bicyclic) bond motifs is 1. The van der Waals surface area contributed by atoms with E-state index >= 15 is 0 Å². The van der Waals surface area contributed by atoms with Crippen LogP contribution in [0.5, 0.6) is 0 Å². The molecule has 2 heterocycles. The highest BCUT2D eigenvalue weighted by atomic mass is 16.4. The van der Waals surface area contributed by atoms with Crippen LogP contribution in [0.15, 0.2) is 43.0 Å². The lowest BCUT2D eigenvalue weighted by Crippen LogP contribution is -2.58. The zero-order valence-corrected chi connectivity index (χ0v) is 21.9. The number of unbranched alkanes of at least 4 members (excludes halogenated alkanes) is 1. The Morgan fingerprint density at radius 2 is 1.60 bits per heavy atom. The number of hydrogen-bond acceptors (Lipinski definition) is 8. The van der Waals surface area contributed by atoms with Crippen molar-refractivity contribution in [3.63, 3.8) is 0 Å². The van der Waals surface area contributed by atoms with Crippen molar-refractivity contribution in [1.29, 1.82) is 0 Å². The summed E-state index contributed by atoms with van der Waals surface area (Å²) in [6, 6.07) is 2.57. The number of nitrogens with zero attached hydrogens (tertiary/aromatic N) is 1. The molecule has 0 aliphatic carbocycles. The summed E-state index contributed by atoms with van der Waals surface area (Å²) in [5.74, 6) is -3.47. The van der Waals surface area contributed by atoms with Gasteiger partial charge in [-0.15, -0.1) is 0 Å². The first kappa shape index (κ1) is 30.3. The Morgan fingerprint density at radius 1 is 0.925 bits per heavy atom. The van der Waals surface area contributed by atoms with E-state index in [1.807, 2.05) is 24.3 Å². The van der Waals surface area contributed by atoms with Crippen LogP contribution in [0, 0.1) is 0 Å². The molecule has 14 heteroatoms. The van der Waals surface area contributed by atoms with Crippen LogP contribution >= 0.6 is 0 Å². The number of H-pyrrole nitrogens is 2. The fourth-order valence-electron chi connectivity index (χ4n) is 4.20. The lowest BCUT2D eigenvalue weighted by Gasteiger charge is -2.25. The first-order chi connectivity index (χ1) is 19.2. The van der Waals surface area contributed by atoms with Crippen molar-refractivity contribution in [3.8, 4) is 0 Å².